The summed E-state index contributed by atoms with van der Waals surface area (Å²) >= 11 is 3.23. The van der Waals surface area contributed by atoms with E-state index in [4.69, 9.17) is 0 Å². The summed E-state index contributed by atoms with van der Waals surface area (Å²) in [5, 5.41) is 0.682. The van der Waals surface area contributed by atoms with Crippen molar-refractivity contribution in [2.24, 2.45) is 0 Å². The van der Waals surface area contributed by atoms with Crippen LogP contribution in [0.4, 0.5) is 0 Å². The van der Waals surface area contributed by atoms with Crippen molar-refractivity contribution in [2.75, 3.05) is 39.2 Å². The molecule has 0 aliphatic rings. The highest BCUT2D eigenvalue weighted by Crippen LogP contribution is 1.93. The molecule has 0 heterocycles. The minimum Gasteiger partial charge on any atom is -0.468 e. The molecule has 0 bridgehead atoms. The summed E-state index contributed by atoms with van der Waals surface area (Å²) in [4.78, 5) is 23.5. The number of hydrogen-bond acceptors (Lipinski definition) is 5. The Morgan fingerprint density at radius 1 is 1.14 bits per heavy atom. The maximum absolute atomic E-state index is 10.9. The predicted molar refractivity (Wildman–Crippen MR) is 54.3 cm³/mol. The molecule has 5 nitrogen and oxygen atoms in total. The van der Waals surface area contributed by atoms with Gasteiger partial charge in [0.1, 0.15) is 0 Å². The average Bonchev–Trinajstić information content (AvgIpc) is 2.17. The minimum atomic E-state index is -0.366. The third-order valence-corrected chi connectivity index (χ3v) is 1.92. The first-order chi connectivity index (χ1) is 6.63. The van der Waals surface area contributed by atoms with Gasteiger partial charge in [0.25, 0.3) is 0 Å². The van der Waals surface area contributed by atoms with Crippen molar-refractivity contribution < 1.29 is 19.1 Å². The second-order valence-corrected chi connectivity index (χ2v) is 3.34. The van der Waals surface area contributed by atoms with Gasteiger partial charge < -0.3 is 9.47 Å². The number of methoxy groups -OCH3 is 2. The number of esters is 2. The van der Waals surface area contributed by atoms with E-state index in [9.17, 15) is 9.59 Å². The number of rotatable bonds is 6. The maximum Gasteiger partial charge on any atom is 0.319 e. The molecule has 14 heavy (non-hydrogen) atoms. The number of ether oxygens (including phenoxy) is 2. The first-order valence-corrected chi connectivity index (χ1v) is 5.18. The highest BCUT2D eigenvalue weighted by Gasteiger charge is 2.14. The minimum absolute atomic E-state index is 0.0944. The molecule has 0 aliphatic carbocycles. The van der Waals surface area contributed by atoms with Crippen LogP contribution in [-0.4, -0.2) is 56.0 Å². The van der Waals surface area contributed by atoms with Crippen LogP contribution in [0.2, 0.25) is 0 Å². The van der Waals surface area contributed by atoms with E-state index in [0.29, 0.717) is 11.9 Å². The third kappa shape index (κ3) is 5.93. The van der Waals surface area contributed by atoms with Crippen molar-refractivity contribution in [3.8, 4) is 0 Å². The Bertz CT molecular complexity index is 180. The molecule has 0 radical (unpaired) electrons. The zero-order valence-electron chi connectivity index (χ0n) is 8.29. The van der Waals surface area contributed by atoms with Gasteiger partial charge in [0.2, 0.25) is 0 Å². The number of halogens is 1. The summed E-state index contributed by atoms with van der Waals surface area (Å²) in [5.74, 6) is -0.732. The summed E-state index contributed by atoms with van der Waals surface area (Å²) in [5.41, 5.74) is 0. The van der Waals surface area contributed by atoms with Crippen LogP contribution in [0.15, 0.2) is 0 Å². The third-order valence-electron chi connectivity index (χ3n) is 1.56. The molecule has 0 amide bonds. The maximum atomic E-state index is 10.9. The van der Waals surface area contributed by atoms with Gasteiger partial charge in [-0.15, -0.1) is 0 Å². The van der Waals surface area contributed by atoms with E-state index >= 15 is 0 Å². The highest BCUT2D eigenvalue weighted by atomic mass is 79.9. The highest BCUT2D eigenvalue weighted by molar-refractivity contribution is 9.09. The average molecular weight is 268 g/mol. The lowest BCUT2D eigenvalue weighted by atomic mass is 10.4. The Balaban J connectivity index is 4.00. The van der Waals surface area contributed by atoms with Crippen molar-refractivity contribution in [1.29, 1.82) is 0 Å². The van der Waals surface area contributed by atoms with E-state index < -0.39 is 0 Å². The number of hydrogen-bond donors (Lipinski definition) is 0. The van der Waals surface area contributed by atoms with Crippen LogP contribution >= 0.6 is 15.9 Å². The fourth-order valence-corrected chi connectivity index (χ4v) is 1.33. The van der Waals surface area contributed by atoms with Crippen molar-refractivity contribution in [3.05, 3.63) is 0 Å². The van der Waals surface area contributed by atoms with E-state index in [1.54, 1.807) is 4.90 Å². The number of carbonyl (C=O) groups is 2. The van der Waals surface area contributed by atoms with Crippen molar-refractivity contribution in [2.45, 2.75) is 0 Å². The largest absolute Gasteiger partial charge is 0.468 e. The molecule has 0 fully saturated rings. The standard InChI is InChI=1S/C8H14BrNO4/c1-13-7(11)5-10(4-3-9)6-8(12)14-2/h3-6H2,1-2H3. The summed E-state index contributed by atoms with van der Waals surface area (Å²) in [6, 6.07) is 0. The van der Waals surface area contributed by atoms with Crippen LogP contribution in [0.5, 0.6) is 0 Å². The summed E-state index contributed by atoms with van der Waals surface area (Å²) < 4.78 is 8.99. The van der Waals surface area contributed by atoms with Gasteiger partial charge in [-0.3, -0.25) is 14.5 Å². The lowest BCUT2D eigenvalue weighted by Crippen LogP contribution is -2.36. The monoisotopic (exact) mass is 267 g/mol. The van der Waals surface area contributed by atoms with E-state index in [-0.39, 0.29) is 25.0 Å². The molecule has 82 valence electrons. The molecule has 0 rings (SSSR count). The zero-order chi connectivity index (χ0) is 11.0. The van der Waals surface area contributed by atoms with Gasteiger partial charge in [0, 0.05) is 11.9 Å². The molecule has 0 unspecified atom stereocenters. The Hall–Kier alpha value is -0.620. The normalized spacial score (nSPS) is 10.0. The molecule has 0 spiro atoms. The fraction of sp³-hybridized carbons (Fsp3) is 0.750. The van der Waals surface area contributed by atoms with E-state index in [0.717, 1.165) is 0 Å². The molecule has 6 heteroatoms. The molecule has 0 saturated carbocycles. The van der Waals surface area contributed by atoms with E-state index in [2.05, 4.69) is 25.4 Å². The lowest BCUT2D eigenvalue weighted by molar-refractivity contribution is -0.145. The van der Waals surface area contributed by atoms with Crippen LogP contribution in [0.3, 0.4) is 0 Å². The molecular formula is C8H14BrNO4. The van der Waals surface area contributed by atoms with Crippen LogP contribution < -0.4 is 0 Å². The predicted octanol–water partition coefficient (Wildman–Crippen LogP) is 0.0293. The Morgan fingerprint density at radius 2 is 1.57 bits per heavy atom. The molecule has 0 atom stereocenters. The topological polar surface area (TPSA) is 55.8 Å². The van der Waals surface area contributed by atoms with Gasteiger partial charge in [-0.1, -0.05) is 15.9 Å². The number of alkyl halides is 1. The van der Waals surface area contributed by atoms with Gasteiger partial charge in [-0.05, 0) is 0 Å². The Morgan fingerprint density at radius 3 is 1.86 bits per heavy atom. The summed E-state index contributed by atoms with van der Waals surface area (Å²) in [6.45, 7) is 0.776. The van der Waals surface area contributed by atoms with Gasteiger partial charge in [0.05, 0.1) is 27.3 Å². The first-order valence-electron chi connectivity index (χ1n) is 4.06. The summed E-state index contributed by atoms with van der Waals surface area (Å²) in [6.07, 6.45) is 0. The Kier molecular flexibility index (Phi) is 7.41. The molecular weight excluding hydrogens is 254 g/mol. The number of nitrogens with zero attached hydrogens (tertiary/aromatic N) is 1. The van der Waals surface area contributed by atoms with Crippen molar-refractivity contribution >= 4 is 27.9 Å². The van der Waals surface area contributed by atoms with Crippen LogP contribution in [0.25, 0.3) is 0 Å². The second-order valence-electron chi connectivity index (χ2n) is 2.55. The molecule has 0 aromatic carbocycles. The van der Waals surface area contributed by atoms with E-state index in [1.165, 1.54) is 14.2 Å². The van der Waals surface area contributed by atoms with Gasteiger partial charge in [-0.25, -0.2) is 0 Å². The lowest BCUT2D eigenvalue weighted by Gasteiger charge is -2.17. The van der Waals surface area contributed by atoms with Crippen molar-refractivity contribution in [3.63, 3.8) is 0 Å². The molecule has 0 aromatic rings. The number of carbonyl (C=O) groups excluding carboxylic acids is 2. The zero-order valence-corrected chi connectivity index (χ0v) is 9.87. The first kappa shape index (κ1) is 13.4. The van der Waals surface area contributed by atoms with Gasteiger partial charge in [0.15, 0.2) is 0 Å². The second kappa shape index (κ2) is 7.75. The van der Waals surface area contributed by atoms with Crippen molar-refractivity contribution in [1.82, 2.24) is 4.90 Å². The molecule has 0 N–H and O–H groups in total. The van der Waals surface area contributed by atoms with E-state index in [1.807, 2.05) is 0 Å². The van der Waals surface area contributed by atoms with Crippen LogP contribution in [-0.2, 0) is 19.1 Å². The fourth-order valence-electron chi connectivity index (χ4n) is 0.828. The quantitative estimate of drug-likeness (QED) is 0.502. The molecule has 0 saturated heterocycles. The smallest absolute Gasteiger partial charge is 0.319 e. The van der Waals surface area contributed by atoms with Gasteiger partial charge >= 0.3 is 11.9 Å². The molecule has 0 aliphatic heterocycles. The Labute approximate surface area is 91.5 Å². The van der Waals surface area contributed by atoms with Crippen LogP contribution in [0, 0.1) is 0 Å². The molecule has 0 aromatic heterocycles. The summed E-state index contributed by atoms with van der Waals surface area (Å²) in [7, 11) is 2.62. The SMILES string of the molecule is COC(=O)CN(CCBr)CC(=O)OC. The van der Waals surface area contributed by atoms with Gasteiger partial charge in [-0.2, -0.15) is 0 Å². The van der Waals surface area contributed by atoms with Crippen LogP contribution in [0.1, 0.15) is 0 Å².